The third kappa shape index (κ3) is 4.49. The summed E-state index contributed by atoms with van der Waals surface area (Å²) >= 11 is 4.41. The molecule has 0 aliphatic carbocycles. The zero-order chi connectivity index (χ0) is 24.0. The SMILES string of the molecule is CC1(C)Cc2c(c(N3CCOCC3)nc3sc4c(SCC(=O)Nc5nccs5)ncnc4c23)CO1. The van der Waals surface area contributed by atoms with E-state index in [4.69, 9.17) is 14.5 Å². The Bertz CT molecular complexity index is 1400. The summed E-state index contributed by atoms with van der Waals surface area (Å²) in [7, 11) is 0. The topological polar surface area (TPSA) is 102 Å². The van der Waals surface area contributed by atoms with Crippen molar-refractivity contribution >= 4 is 71.7 Å². The molecule has 0 spiro atoms. The molecule has 1 saturated heterocycles. The van der Waals surface area contributed by atoms with Gasteiger partial charge >= 0.3 is 0 Å². The van der Waals surface area contributed by atoms with E-state index in [0.717, 1.165) is 56.4 Å². The monoisotopic (exact) mass is 528 g/mol. The van der Waals surface area contributed by atoms with E-state index in [0.29, 0.717) is 25.0 Å². The van der Waals surface area contributed by atoms with E-state index >= 15 is 0 Å². The van der Waals surface area contributed by atoms with Crippen LogP contribution in [-0.2, 0) is 27.3 Å². The second-order valence-corrected chi connectivity index (χ2v) is 11.9. The van der Waals surface area contributed by atoms with Crippen molar-refractivity contribution in [3.63, 3.8) is 0 Å². The molecule has 12 heteroatoms. The van der Waals surface area contributed by atoms with Crippen LogP contribution in [0.2, 0.25) is 0 Å². The zero-order valence-corrected chi connectivity index (χ0v) is 21.8. The summed E-state index contributed by atoms with van der Waals surface area (Å²) in [6.07, 6.45) is 4.04. The van der Waals surface area contributed by atoms with Crippen molar-refractivity contribution in [1.82, 2.24) is 19.9 Å². The maximum absolute atomic E-state index is 12.4. The van der Waals surface area contributed by atoms with Gasteiger partial charge in [0.15, 0.2) is 5.13 Å². The fourth-order valence-corrected chi connectivity index (χ4v) is 7.06. The van der Waals surface area contributed by atoms with Gasteiger partial charge in [0.1, 0.15) is 22.0 Å². The molecule has 182 valence electrons. The molecular weight excluding hydrogens is 504 g/mol. The molecule has 1 N–H and O–H groups in total. The number of amides is 1. The average Bonchev–Trinajstić information content (AvgIpc) is 3.50. The van der Waals surface area contributed by atoms with Gasteiger partial charge in [-0.1, -0.05) is 11.8 Å². The van der Waals surface area contributed by atoms with E-state index in [1.54, 1.807) is 23.9 Å². The molecule has 0 radical (unpaired) electrons. The van der Waals surface area contributed by atoms with Crippen molar-refractivity contribution in [1.29, 1.82) is 0 Å². The summed E-state index contributed by atoms with van der Waals surface area (Å²) in [6, 6.07) is 0. The molecule has 35 heavy (non-hydrogen) atoms. The lowest BCUT2D eigenvalue weighted by atomic mass is 9.90. The van der Waals surface area contributed by atoms with Crippen molar-refractivity contribution in [2.24, 2.45) is 0 Å². The first-order valence-corrected chi connectivity index (χ1v) is 14.0. The van der Waals surface area contributed by atoms with E-state index in [1.807, 2.05) is 5.38 Å². The van der Waals surface area contributed by atoms with Gasteiger partial charge in [0.2, 0.25) is 5.91 Å². The second kappa shape index (κ2) is 9.25. The zero-order valence-electron chi connectivity index (χ0n) is 19.4. The molecule has 1 amide bonds. The molecule has 0 atom stereocenters. The van der Waals surface area contributed by atoms with Crippen LogP contribution in [0.5, 0.6) is 0 Å². The Morgan fingerprint density at radius 3 is 2.89 bits per heavy atom. The summed E-state index contributed by atoms with van der Waals surface area (Å²) in [5, 5.41) is 7.14. The lowest BCUT2D eigenvalue weighted by molar-refractivity contribution is -0.113. The number of morpholine rings is 1. The number of pyridine rings is 1. The number of thioether (sulfide) groups is 1. The molecule has 2 aliphatic heterocycles. The Kier molecular flexibility index (Phi) is 6.09. The van der Waals surface area contributed by atoms with Crippen molar-refractivity contribution in [2.45, 2.75) is 37.5 Å². The number of ether oxygens (including phenoxy) is 2. The first-order chi connectivity index (χ1) is 17.0. The Labute approximate surface area is 214 Å². The van der Waals surface area contributed by atoms with Gasteiger partial charge in [-0.15, -0.1) is 22.7 Å². The maximum atomic E-state index is 12.4. The third-order valence-corrected chi connectivity index (χ3v) is 8.99. The highest BCUT2D eigenvalue weighted by Crippen LogP contribution is 2.44. The smallest absolute Gasteiger partial charge is 0.236 e. The number of carbonyl (C=O) groups is 1. The minimum absolute atomic E-state index is 0.109. The molecule has 4 aromatic heterocycles. The van der Waals surface area contributed by atoms with Crippen LogP contribution in [0.25, 0.3) is 20.4 Å². The Balaban J connectivity index is 1.41. The normalized spacial score (nSPS) is 17.6. The molecule has 6 rings (SSSR count). The number of nitrogens with zero attached hydrogens (tertiary/aromatic N) is 5. The van der Waals surface area contributed by atoms with E-state index in [-0.39, 0.29) is 17.3 Å². The van der Waals surface area contributed by atoms with Gasteiger partial charge in [0.25, 0.3) is 0 Å². The quantitative estimate of drug-likeness (QED) is 0.303. The molecule has 0 saturated carbocycles. The molecule has 6 heterocycles. The van der Waals surface area contributed by atoms with Crippen LogP contribution in [0.3, 0.4) is 0 Å². The van der Waals surface area contributed by atoms with Crippen molar-refractivity contribution in [2.75, 3.05) is 42.3 Å². The first kappa shape index (κ1) is 23.0. The number of carbonyl (C=O) groups excluding carboxylic acids is 1. The van der Waals surface area contributed by atoms with Crippen molar-refractivity contribution in [3.8, 4) is 0 Å². The minimum atomic E-state index is -0.268. The third-order valence-electron chi connectivity index (χ3n) is 6.10. The number of thiophene rings is 1. The second-order valence-electron chi connectivity index (χ2n) is 9.03. The van der Waals surface area contributed by atoms with Crippen LogP contribution in [0.4, 0.5) is 10.9 Å². The Hall–Kier alpha value is -2.38. The number of hydrogen-bond donors (Lipinski definition) is 1. The van der Waals surface area contributed by atoms with Crippen LogP contribution in [0.15, 0.2) is 22.9 Å². The predicted molar refractivity (Wildman–Crippen MR) is 140 cm³/mol. The van der Waals surface area contributed by atoms with Crippen LogP contribution in [-0.4, -0.2) is 63.5 Å². The lowest BCUT2D eigenvalue weighted by Gasteiger charge is -2.36. The number of hydrogen-bond acceptors (Lipinski definition) is 11. The Morgan fingerprint density at radius 1 is 1.23 bits per heavy atom. The maximum Gasteiger partial charge on any atom is 0.236 e. The summed E-state index contributed by atoms with van der Waals surface area (Å²) in [6.45, 7) is 7.80. The van der Waals surface area contributed by atoms with E-state index in [9.17, 15) is 4.79 Å². The number of anilines is 2. The predicted octanol–water partition coefficient (Wildman–Crippen LogP) is 4.11. The Morgan fingerprint density at radius 2 is 2.09 bits per heavy atom. The molecule has 9 nitrogen and oxygen atoms in total. The number of nitrogens with one attached hydrogen (secondary N) is 1. The summed E-state index contributed by atoms with van der Waals surface area (Å²) < 4.78 is 12.8. The molecule has 4 aromatic rings. The highest BCUT2D eigenvalue weighted by Gasteiger charge is 2.33. The van der Waals surface area contributed by atoms with Crippen LogP contribution in [0.1, 0.15) is 25.0 Å². The summed E-state index contributed by atoms with van der Waals surface area (Å²) in [5.74, 6) is 1.12. The first-order valence-electron chi connectivity index (χ1n) is 11.4. The minimum Gasteiger partial charge on any atom is -0.378 e. The highest BCUT2D eigenvalue weighted by atomic mass is 32.2. The van der Waals surface area contributed by atoms with Crippen LogP contribution >= 0.6 is 34.4 Å². The van der Waals surface area contributed by atoms with Crippen molar-refractivity contribution in [3.05, 3.63) is 29.0 Å². The number of fused-ring (bicyclic) bond motifs is 5. The van der Waals surface area contributed by atoms with Gasteiger partial charge < -0.3 is 19.7 Å². The lowest BCUT2D eigenvalue weighted by Crippen LogP contribution is -2.39. The molecule has 2 aliphatic rings. The van der Waals surface area contributed by atoms with Gasteiger partial charge in [-0.2, -0.15) is 0 Å². The van der Waals surface area contributed by atoms with E-state index in [1.165, 1.54) is 28.7 Å². The largest absolute Gasteiger partial charge is 0.378 e. The number of aromatic nitrogens is 4. The van der Waals surface area contributed by atoms with Gasteiger partial charge in [0.05, 0.1) is 41.4 Å². The summed E-state index contributed by atoms with van der Waals surface area (Å²) in [4.78, 5) is 34.1. The average molecular weight is 529 g/mol. The van der Waals surface area contributed by atoms with Gasteiger partial charge in [0, 0.05) is 42.0 Å². The van der Waals surface area contributed by atoms with Gasteiger partial charge in [-0.3, -0.25) is 4.79 Å². The molecule has 1 fully saturated rings. The van der Waals surface area contributed by atoms with Crippen LogP contribution < -0.4 is 10.2 Å². The molecule has 0 bridgehead atoms. The van der Waals surface area contributed by atoms with Gasteiger partial charge in [-0.05, 0) is 19.4 Å². The fraction of sp³-hybridized carbons (Fsp3) is 0.435. The van der Waals surface area contributed by atoms with Crippen molar-refractivity contribution < 1.29 is 14.3 Å². The highest BCUT2D eigenvalue weighted by molar-refractivity contribution is 8.00. The van der Waals surface area contributed by atoms with E-state index < -0.39 is 0 Å². The number of rotatable bonds is 5. The van der Waals surface area contributed by atoms with E-state index in [2.05, 4.69) is 39.0 Å². The standard InChI is InChI=1S/C23H24N6O3S3/c1-23(2)9-13-14(10-32-23)19(29-4-6-31-7-5-29)28-20-16(13)17-18(35-20)21(26-12-25-17)34-11-15(30)27-22-24-3-8-33-22/h3,8,12H,4-7,9-11H2,1-2H3,(H,24,27,30). The molecule has 0 aromatic carbocycles. The van der Waals surface area contributed by atoms with Gasteiger partial charge in [-0.25, -0.2) is 19.9 Å². The number of thiazole rings is 1. The molecular formula is C23H24N6O3S3. The van der Waals surface area contributed by atoms with Crippen LogP contribution in [0, 0.1) is 0 Å². The fourth-order valence-electron chi connectivity index (χ4n) is 4.48. The summed E-state index contributed by atoms with van der Waals surface area (Å²) in [5.41, 5.74) is 3.04. The molecule has 0 unspecified atom stereocenters.